The van der Waals surface area contributed by atoms with Gasteiger partial charge in [-0.15, -0.1) is 11.6 Å². The van der Waals surface area contributed by atoms with Crippen LogP contribution in [0.2, 0.25) is 0 Å². The lowest BCUT2D eigenvalue weighted by Crippen LogP contribution is -2.01. The smallest absolute Gasteiger partial charge is 0.0716 e. The van der Waals surface area contributed by atoms with Crippen molar-refractivity contribution in [3.8, 4) is 0 Å². The van der Waals surface area contributed by atoms with Crippen molar-refractivity contribution in [2.75, 3.05) is 26.4 Å². The number of aliphatic hydroxyl groups excluding tert-OH is 2. The van der Waals surface area contributed by atoms with Crippen molar-refractivity contribution in [3.63, 3.8) is 0 Å². The monoisotopic (exact) mass is 536 g/mol. The second kappa shape index (κ2) is 22.0. The lowest BCUT2D eigenvalue weighted by molar-refractivity contribution is 0.0695. The Bertz CT molecular complexity index is 955. The summed E-state index contributed by atoms with van der Waals surface area (Å²) in [6.45, 7) is 14.0. The van der Waals surface area contributed by atoms with Crippen molar-refractivity contribution in [1.82, 2.24) is 0 Å². The van der Waals surface area contributed by atoms with Gasteiger partial charge < -0.3 is 19.7 Å². The summed E-state index contributed by atoms with van der Waals surface area (Å²) in [5.74, 6) is 0.581. The number of benzene rings is 3. The Morgan fingerprint density at radius 3 is 1.16 bits per heavy atom. The van der Waals surface area contributed by atoms with E-state index in [4.69, 9.17) is 31.3 Å². The van der Waals surface area contributed by atoms with E-state index in [9.17, 15) is 0 Å². The molecule has 38 heavy (non-hydrogen) atoms. The molecule has 5 heteroatoms. The summed E-state index contributed by atoms with van der Waals surface area (Å²) in [6, 6.07) is 24.5. The topological polar surface area (TPSA) is 58.9 Å². The normalized spacial score (nSPS) is 9.87. The molecule has 0 amide bonds. The maximum absolute atomic E-state index is 7.91. The summed E-state index contributed by atoms with van der Waals surface area (Å²) in [4.78, 5) is 0. The quantitative estimate of drug-likeness (QED) is 0.165. The van der Waals surface area contributed by atoms with Crippen LogP contribution in [0.15, 0.2) is 92.5 Å². The van der Waals surface area contributed by atoms with Crippen molar-refractivity contribution in [1.29, 1.82) is 0 Å². The Kier molecular flexibility index (Phi) is 19.2. The highest BCUT2D eigenvalue weighted by Crippen LogP contribution is 2.09. The Morgan fingerprint density at radius 1 is 0.553 bits per heavy atom. The third-order valence-electron chi connectivity index (χ3n) is 5.23. The maximum atomic E-state index is 7.91. The Morgan fingerprint density at radius 2 is 0.895 bits per heavy atom. The van der Waals surface area contributed by atoms with Gasteiger partial charge in [-0.1, -0.05) is 111 Å². The van der Waals surface area contributed by atoms with Gasteiger partial charge in [0.15, 0.2) is 0 Å². The van der Waals surface area contributed by atoms with Crippen LogP contribution in [0.4, 0.5) is 0 Å². The molecule has 0 bridgehead atoms. The molecule has 0 fully saturated rings. The Balaban J connectivity index is 0.000000395. The average Bonchev–Trinajstić information content (AvgIpc) is 2.98. The highest BCUT2D eigenvalue weighted by atomic mass is 35.5. The zero-order chi connectivity index (χ0) is 27.8. The van der Waals surface area contributed by atoms with Gasteiger partial charge in [-0.2, -0.15) is 0 Å². The van der Waals surface area contributed by atoms with Crippen molar-refractivity contribution < 1.29 is 19.7 Å². The highest BCUT2D eigenvalue weighted by molar-refractivity contribution is 6.17. The molecule has 204 valence electrons. The summed E-state index contributed by atoms with van der Waals surface area (Å²) in [5.41, 5.74) is 6.89. The molecule has 3 aromatic carbocycles. The zero-order valence-electron chi connectivity index (χ0n) is 22.2. The number of rotatable bonds is 14. The predicted molar refractivity (Wildman–Crippen MR) is 162 cm³/mol. The summed E-state index contributed by atoms with van der Waals surface area (Å²) >= 11 is 5.60. The standard InChI is InChI=1S/C21H24O2.C9H9Cl.C3H8O2/c1-3-18-6-10-20(11-7-18)16-22-14-5-15-23-17-21-12-8-19(4-2)9-13-21;1-2-8-3-5-9(7-10)6-4-8;4-2-1-3-5/h3-4,6-13H,1-2,5,14-17H2;2-6H,1,7H2;4-5H,1-3H2. The molecule has 0 spiro atoms. The van der Waals surface area contributed by atoms with Crippen LogP contribution in [0.5, 0.6) is 0 Å². The first-order chi connectivity index (χ1) is 18.6. The van der Waals surface area contributed by atoms with Gasteiger partial charge in [-0.3, -0.25) is 0 Å². The van der Waals surface area contributed by atoms with E-state index in [1.807, 2.05) is 66.8 Å². The van der Waals surface area contributed by atoms with Crippen molar-refractivity contribution >= 4 is 29.8 Å². The van der Waals surface area contributed by atoms with Crippen molar-refractivity contribution in [2.45, 2.75) is 31.9 Å². The fourth-order valence-electron chi connectivity index (χ4n) is 2.96. The maximum Gasteiger partial charge on any atom is 0.0716 e. The first kappa shape index (κ1) is 33.0. The number of ether oxygens (including phenoxy) is 2. The minimum absolute atomic E-state index is 0.0938. The number of hydrogen-bond donors (Lipinski definition) is 2. The molecule has 4 nitrogen and oxygen atoms in total. The molecule has 0 saturated carbocycles. The number of halogens is 1. The largest absolute Gasteiger partial charge is 0.396 e. The molecule has 0 aromatic heterocycles. The second-order valence-corrected chi connectivity index (χ2v) is 8.50. The minimum atomic E-state index is 0.0938. The molecule has 3 rings (SSSR count). The molecule has 3 aromatic rings. The van der Waals surface area contributed by atoms with Gasteiger partial charge in [0.1, 0.15) is 0 Å². The summed E-state index contributed by atoms with van der Waals surface area (Å²) in [6.07, 6.45) is 6.90. The van der Waals surface area contributed by atoms with E-state index in [0.29, 0.717) is 38.7 Å². The highest BCUT2D eigenvalue weighted by Gasteiger charge is 1.96. The van der Waals surface area contributed by atoms with E-state index in [0.717, 1.165) is 28.7 Å². The average molecular weight is 537 g/mol. The SMILES string of the molecule is C=Cc1ccc(CCl)cc1.C=Cc1ccc(COCCCOCc2ccc(C=C)cc2)cc1.OCCCO. The van der Waals surface area contributed by atoms with Gasteiger partial charge >= 0.3 is 0 Å². The van der Waals surface area contributed by atoms with Gasteiger partial charge in [0.25, 0.3) is 0 Å². The molecular formula is C33H41ClO4. The number of aliphatic hydroxyl groups is 2. The van der Waals surface area contributed by atoms with E-state index < -0.39 is 0 Å². The van der Waals surface area contributed by atoms with Gasteiger partial charge in [0, 0.05) is 32.3 Å². The first-order valence-corrected chi connectivity index (χ1v) is 13.2. The van der Waals surface area contributed by atoms with Crippen LogP contribution in [0, 0.1) is 0 Å². The van der Waals surface area contributed by atoms with E-state index >= 15 is 0 Å². The summed E-state index contributed by atoms with van der Waals surface area (Å²) in [7, 11) is 0. The van der Waals surface area contributed by atoms with Crippen LogP contribution in [-0.4, -0.2) is 36.6 Å². The molecule has 0 saturated heterocycles. The van der Waals surface area contributed by atoms with Crippen LogP contribution in [0.25, 0.3) is 18.2 Å². The van der Waals surface area contributed by atoms with Crippen LogP contribution in [0.3, 0.4) is 0 Å². The van der Waals surface area contributed by atoms with Crippen molar-refractivity contribution in [2.24, 2.45) is 0 Å². The van der Waals surface area contributed by atoms with E-state index in [1.165, 1.54) is 11.1 Å². The second-order valence-electron chi connectivity index (χ2n) is 8.23. The molecule has 0 heterocycles. The van der Waals surface area contributed by atoms with E-state index in [1.54, 1.807) is 0 Å². The van der Waals surface area contributed by atoms with E-state index in [2.05, 4.69) is 44.0 Å². The minimum Gasteiger partial charge on any atom is -0.396 e. The number of hydrogen-bond acceptors (Lipinski definition) is 4. The molecule has 0 atom stereocenters. The Hall–Kier alpha value is -2.99. The molecule has 0 aliphatic rings. The lowest BCUT2D eigenvalue weighted by Gasteiger charge is -2.07. The molecule has 0 radical (unpaired) electrons. The summed E-state index contributed by atoms with van der Waals surface area (Å²) in [5, 5.41) is 15.8. The van der Waals surface area contributed by atoms with Gasteiger partial charge in [-0.25, -0.2) is 0 Å². The lowest BCUT2D eigenvalue weighted by atomic mass is 10.1. The van der Waals surface area contributed by atoms with Crippen molar-refractivity contribution in [3.05, 3.63) is 126 Å². The van der Waals surface area contributed by atoms with Crippen LogP contribution < -0.4 is 0 Å². The zero-order valence-corrected chi connectivity index (χ0v) is 23.0. The van der Waals surface area contributed by atoms with Gasteiger partial charge in [0.05, 0.1) is 13.2 Å². The number of alkyl halides is 1. The van der Waals surface area contributed by atoms with Crippen LogP contribution in [-0.2, 0) is 28.6 Å². The molecule has 0 aliphatic heterocycles. The third kappa shape index (κ3) is 15.3. The van der Waals surface area contributed by atoms with Gasteiger partial charge in [0.2, 0.25) is 0 Å². The molecular weight excluding hydrogens is 496 g/mol. The van der Waals surface area contributed by atoms with Crippen LogP contribution in [0.1, 0.15) is 46.2 Å². The fraction of sp³-hybridized carbons (Fsp3) is 0.273. The Labute approximate surface area is 233 Å². The van der Waals surface area contributed by atoms with Crippen LogP contribution >= 0.6 is 11.6 Å². The van der Waals surface area contributed by atoms with E-state index in [-0.39, 0.29) is 13.2 Å². The predicted octanol–water partition coefficient (Wildman–Crippen LogP) is 7.53. The molecule has 0 aliphatic carbocycles. The molecule has 0 unspecified atom stereocenters. The fourth-order valence-corrected chi connectivity index (χ4v) is 3.13. The van der Waals surface area contributed by atoms with Gasteiger partial charge in [-0.05, 0) is 46.2 Å². The summed E-state index contributed by atoms with van der Waals surface area (Å²) < 4.78 is 11.3. The molecule has 2 N–H and O–H groups in total. The first-order valence-electron chi connectivity index (χ1n) is 12.7. The third-order valence-corrected chi connectivity index (χ3v) is 5.54.